The monoisotopic (exact) mass is 384 g/mol. The number of anilines is 2. The van der Waals surface area contributed by atoms with E-state index >= 15 is 0 Å². The highest BCUT2D eigenvalue weighted by Gasteiger charge is 2.28. The third-order valence-electron chi connectivity index (χ3n) is 4.82. The van der Waals surface area contributed by atoms with Gasteiger partial charge in [-0.25, -0.2) is 0 Å². The number of H-pyrrole nitrogens is 1. The van der Waals surface area contributed by atoms with Crippen molar-refractivity contribution >= 4 is 38.4 Å². The van der Waals surface area contributed by atoms with Gasteiger partial charge in [0, 0.05) is 49.2 Å². The predicted molar refractivity (Wildman–Crippen MR) is 106 cm³/mol. The molecule has 3 aromatic rings. The summed E-state index contributed by atoms with van der Waals surface area (Å²) in [7, 11) is -0.703. The number of rotatable bonds is 4. The largest absolute Gasteiger partial charge is 0.361 e. The summed E-state index contributed by atoms with van der Waals surface area (Å²) in [4.78, 5) is 15.5. The second-order valence-corrected chi connectivity index (χ2v) is 8.67. The summed E-state index contributed by atoms with van der Waals surface area (Å²) in [6.07, 6.45) is 2.23. The van der Waals surface area contributed by atoms with E-state index in [1.807, 2.05) is 36.5 Å². The first-order valence-electron chi connectivity index (χ1n) is 8.55. The van der Waals surface area contributed by atoms with Crippen LogP contribution in [-0.2, 0) is 15.0 Å². The zero-order valence-corrected chi connectivity index (χ0v) is 15.8. The molecule has 1 aliphatic rings. The molecule has 0 radical (unpaired) electrons. The number of aromatic nitrogens is 1. The Hall–Kier alpha value is -2.84. The maximum Gasteiger partial charge on any atom is 0.301 e. The molecular formula is C19H20N4O3S. The topological polar surface area (TPSA) is 94.3 Å². The fourth-order valence-corrected chi connectivity index (χ4v) is 4.07. The summed E-state index contributed by atoms with van der Waals surface area (Å²) >= 11 is 0. The van der Waals surface area contributed by atoms with Gasteiger partial charge in [0.1, 0.15) is 0 Å². The van der Waals surface area contributed by atoms with E-state index in [0.717, 1.165) is 26.3 Å². The molecule has 1 amide bonds. The van der Waals surface area contributed by atoms with Gasteiger partial charge in [0.2, 0.25) is 5.91 Å². The van der Waals surface area contributed by atoms with Gasteiger partial charge in [-0.2, -0.15) is 12.7 Å². The summed E-state index contributed by atoms with van der Waals surface area (Å²) in [5.74, 6) is -0.180. The molecule has 1 aliphatic heterocycles. The first kappa shape index (κ1) is 17.6. The van der Waals surface area contributed by atoms with Crippen molar-refractivity contribution in [3.63, 3.8) is 0 Å². The fraction of sp³-hybridized carbons (Fsp3) is 0.211. The van der Waals surface area contributed by atoms with Gasteiger partial charge in [-0.05, 0) is 35.4 Å². The van der Waals surface area contributed by atoms with Crippen LogP contribution in [0.15, 0.2) is 48.7 Å². The molecule has 4 rings (SSSR count). The zero-order valence-electron chi connectivity index (χ0n) is 15.0. The third kappa shape index (κ3) is 3.17. The molecule has 140 valence electrons. The van der Waals surface area contributed by atoms with Crippen LogP contribution in [0.3, 0.4) is 0 Å². The van der Waals surface area contributed by atoms with Crippen LogP contribution in [0, 0.1) is 0 Å². The zero-order chi connectivity index (χ0) is 19.2. The molecule has 0 saturated carbocycles. The van der Waals surface area contributed by atoms with Crippen molar-refractivity contribution < 1.29 is 13.2 Å². The molecule has 0 fully saturated rings. The van der Waals surface area contributed by atoms with Gasteiger partial charge in [0.15, 0.2) is 0 Å². The quantitative estimate of drug-likeness (QED) is 0.646. The van der Waals surface area contributed by atoms with Crippen LogP contribution in [0.25, 0.3) is 10.9 Å². The van der Waals surface area contributed by atoms with Crippen molar-refractivity contribution in [1.29, 1.82) is 0 Å². The molecule has 0 spiro atoms. The summed E-state index contributed by atoms with van der Waals surface area (Å²) in [6, 6.07) is 13.3. The third-order valence-corrected chi connectivity index (χ3v) is 6.28. The van der Waals surface area contributed by atoms with Gasteiger partial charge in [0.05, 0.1) is 5.69 Å². The standard InChI is InChI=1S/C19H20N4O3S/c1-23(2)27(25,26)22-12-6-7-14-16(11-19(24)21-18(14)10-12)13-4-3-5-17-15(13)8-9-20-17/h3-10,16,20,22H,11H2,1-2H3,(H,21,24). The van der Waals surface area contributed by atoms with Gasteiger partial charge in [-0.3, -0.25) is 9.52 Å². The van der Waals surface area contributed by atoms with Crippen LogP contribution in [0.5, 0.6) is 0 Å². The summed E-state index contributed by atoms with van der Waals surface area (Å²) in [5.41, 5.74) is 4.10. The normalized spacial score (nSPS) is 17.0. The number of hydrogen-bond donors (Lipinski definition) is 3. The number of nitrogens with one attached hydrogen (secondary N) is 3. The Morgan fingerprint density at radius 1 is 1.11 bits per heavy atom. The molecule has 27 heavy (non-hydrogen) atoms. The van der Waals surface area contributed by atoms with E-state index in [1.54, 1.807) is 12.1 Å². The van der Waals surface area contributed by atoms with Gasteiger partial charge >= 0.3 is 10.2 Å². The minimum Gasteiger partial charge on any atom is -0.361 e. The summed E-state index contributed by atoms with van der Waals surface area (Å²) in [5, 5.41) is 3.95. The highest BCUT2D eigenvalue weighted by Crippen LogP contribution is 2.40. The average molecular weight is 384 g/mol. The van der Waals surface area contributed by atoms with Crippen LogP contribution in [0.4, 0.5) is 11.4 Å². The van der Waals surface area contributed by atoms with Crippen molar-refractivity contribution in [2.45, 2.75) is 12.3 Å². The van der Waals surface area contributed by atoms with Crippen molar-refractivity contribution in [1.82, 2.24) is 9.29 Å². The molecule has 2 aromatic carbocycles. The van der Waals surface area contributed by atoms with Crippen LogP contribution in [0.2, 0.25) is 0 Å². The lowest BCUT2D eigenvalue weighted by molar-refractivity contribution is -0.116. The van der Waals surface area contributed by atoms with Gasteiger partial charge in [-0.1, -0.05) is 18.2 Å². The molecule has 1 aromatic heterocycles. The van der Waals surface area contributed by atoms with E-state index < -0.39 is 10.2 Å². The minimum absolute atomic E-state index is 0.0900. The smallest absolute Gasteiger partial charge is 0.301 e. The average Bonchev–Trinajstić information content (AvgIpc) is 3.09. The maximum atomic E-state index is 12.3. The summed E-state index contributed by atoms with van der Waals surface area (Å²) < 4.78 is 27.7. The number of hydrogen-bond acceptors (Lipinski definition) is 3. The Bertz CT molecular complexity index is 1130. The Kier molecular flexibility index (Phi) is 4.16. The number of amides is 1. The lowest BCUT2D eigenvalue weighted by Crippen LogP contribution is -2.29. The van der Waals surface area contributed by atoms with Crippen LogP contribution < -0.4 is 10.0 Å². The second-order valence-electron chi connectivity index (χ2n) is 6.78. The van der Waals surface area contributed by atoms with Crippen LogP contribution in [0.1, 0.15) is 23.5 Å². The van der Waals surface area contributed by atoms with Crippen LogP contribution >= 0.6 is 0 Å². The van der Waals surface area contributed by atoms with Gasteiger partial charge in [0.25, 0.3) is 0 Å². The first-order valence-corrected chi connectivity index (χ1v) is 9.99. The molecule has 2 heterocycles. The summed E-state index contributed by atoms with van der Waals surface area (Å²) in [6.45, 7) is 0. The number of carbonyl (C=O) groups excluding carboxylic acids is 1. The van der Waals surface area contributed by atoms with E-state index in [4.69, 9.17) is 0 Å². The molecule has 0 bridgehead atoms. The van der Waals surface area contributed by atoms with E-state index in [-0.39, 0.29) is 11.8 Å². The molecule has 1 unspecified atom stereocenters. The maximum absolute atomic E-state index is 12.3. The fourth-order valence-electron chi connectivity index (χ4n) is 3.46. The van der Waals surface area contributed by atoms with E-state index in [1.165, 1.54) is 14.1 Å². The molecule has 7 nitrogen and oxygen atoms in total. The Balaban J connectivity index is 1.77. The molecule has 8 heteroatoms. The van der Waals surface area contributed by atoms with E-state index in [0.29, 0.717) is 17.8 Å². The highest BCUT2D eigenvalue weighted by atomic mass is 32.2. The number of carbonyl (C=O) groups is 1. The lowest BCUT2D eigenvalue weighted by Gasteiger charge is -2.27. The van der Waals surface area contributed by atoms with Crippen LogP contribution in [-0.4, -0.2) is 37.7 Å². The molecule has 0 aliphatic carbocycles. The number of nitrogens with zero attached hydrogens (tertiary/aromatic N) is 1. The Morgan fingerprint density at radius 2 is 1.93 bits per heavy atom. The number of benzene rings is 2. The Labute approximate surface area is 157 Å². The molecular weight excluding hydrogens is 364 g/mol. The number of fused-ring (bicyclic) bond motifs is 2. The van der Waals surface area contributed by atoms with Gasteiger partial charge in [-0.15, -0.1) is 0 Å². The lowest BCUT2D eigenvalue weighted by atomic mass is 9.83. The predicted octanol–water partition coefficient (Wildman–Crippen LogP) is 2.86. The van der Waals surface area contributed by atoms with Crippen molar-refractivity contribution in [3.8, 4) is 0 Å². The molecule has 3 N–H and O–H groups in total. The van der Waals surface area contributed by atoms with E-state index in [2.05, 4.69) is 15.0 Å². The minimum atomic E-state index is -3.61. The van der Waals surface area contributed by atoms with Crippen molar-refractivity contribution in [2.24, 2.45) is 0 Å². The number of aromatic amines is 1. The SMILES string of the molecule is CN(C)S(=O)(=O)Nc1ccc2c(c1)NC(=O)CC2c1cccc2[nH]ccc12. The highest BCUT2D eigenvalue weighted by molar-refractivity contribution is 7.90. The second kappa shape index (κ2) is 6.40. The first-order chi connectivity index (χ1) is 12.8. The van der Waals surface area contributed by atoms with E-state index in [9.17, 15) is 13.2 Å². The molecule has 1 atom stereocenters. The molecule has 0 saturated heterocycles. The van der Waals surface area contributed by atoms with Crippen molar-refractivity contribution in [3.05, 3.63) is 59.8 Å². The van der Waals surface area contributed by atoms with Gasteiger partial charge < -0.3 is 10.3 Å². The van der Waals surface area contributed by atoms with Crippen molar-refractivity contribution in [2.75, 3.05) is 24.1 Å². The Morgan fingerprint density at radius 3 is 2.70 bits per heavy atom.